The zero-order valence-electron chi connectivity index (χ0n) is 15.4. The van der Waals surface area contributed by atoms with Crippen molar-refractivity contribution in [3.8, 4) is 0 Å². The van der Waals surface area contributed by atoms with Gasteiger partial charge in [0.15, 0.2) is 0 Å². The van der Waals surface area contributed by atoms with Gasteiger partial charge in [0.2, 0.25) is 0 Å². The summed E-state index contributed by atoms with van der Waals surface area (Å²) in [5.41, 5.74) is 0. The third kappa shape index (κ3) is 123. The molecule has 4 heteroatoms. The summed E-state index contributed by atoms with van der Waals surface area (Å²) in [6.07, 6.45) is 2.00. The van der Waals surface area contributed by atoms with E-state index >= 15 is 0 Å². The number of hydrogen-bond acceptors (Lipinski definition) is 2. The number of hydrogen-bond donors (Lipinski definition) is 2. The Bertz CT molecular complexity index is 109. The van der Waals surface area contributed by atoms with Crippen LogP contribution < -0.4 is 10.6 Å². The third-order valence-electron chi connectivity index (χ3n) is 1.23. The van der Waals surface area contributed by atoms with Crippen LogP contribution in [0.15, 0.2) is 0 Å². The molecule has 0 bridgehead atoms. The van der Waals surface area contributed by atoms with E-state index in [9.17, 15) is 0 Å². The largest absolute Gasteiger partial charge is 0.358 e. The molecule has 0 saturated heterocycles. The SMILES string of the molecule is C.C.CC(C)NCCNC(C)C.C[CH-]C.[CH2-]C(C)C.[CH3-].[W].[Y]. The van der Waals surface area contributed by atoms with Gasteiger partial charge < -0.3 is 31.4 Å². The van der Waals surface area contributed by atoms with Crippen molar-refractivity contribution in [2.24, 2.45) is 5.92 Å². The van der Waals surface area contributed by atoms with Gasteiger partial charge in [-0.2, -0.15) is 19.8 Å². The molecule has 0 heterocycles. The van der Waals surface area contributed by atoms with Crippen LogP contribution in [0.3, 0.4) is 0 Å². The molecule has 0 aliphatic rings. The molecule has 0 aliphatic carbocycles. The summed E-state index contributed by atoms with van der Waals surface area (Å²) in [6.45, 7) is 22.5. The molecular weight excluding hydrogens is 517 g/mol. The molecule has 0 amide bonds. The Kier molecular flexibility index (Phi) is 97.7. The van der Waals surface area contributed by atoms with E-state index in [0.29, 0.717) is 18.0 Å². The molecule has 0 aromatic rings. The van der Waals surface area contributed by atoms with Crippen LogP contribution in [-0.4, -0.2) is 25.2 Å². The van der Waals surface area contributed by atoms with Gasteiger partial charge in [0, 0.05) is 78.9 Å². The fourth-order valence-electron chi connectivity index (χ4n) is 0.722. The van der Waals surface area contributed by atoms with Crippen LogP contribution in [0.4, 0.5) is 0 Å². The molecule has 0 rings (SSSR count). The maximum atomic E-state index is 3.64. The molecule has 141 valence electrons. The Balaban J connectivity index is -0.0000000238. The Morgan fingerprint density at radius 1 is 0.818 bits per heavy atom. The van der Waals surface area contributed by atoms with Crippen LogP contribution in [0.25, 0.3) is 0 Å². The summed E-state index contributed by atoms with van der Waals surface area (Å²) in [4.78, 5) is 0. The summed E-state index contributed by atoms with van der Waals surface area (Å²) in [5.74, 6) is 0.583. The first-order chi connectivity index (χ1) is 7.77. The fraction of sp³-hybridized carbons (Fsp3) is 0.833. The minimum absolute atomic E-state index is 0. The second kappa shape index (κ2) is 43.4. The molecule has 0 saturated carbocycles. The molecule has 2 N–H and O–H groups in total. The number of nitrogens with one attached hydrogen (secondary N) is 2. The maximum Gasteiger partial charge on any atom is 0.00791 e. The molecule has 0 unspecified atom stereocenters. The van der Waals surface area contributed by atoms with Crippen molar-refractivity contribution in [3.05, 3.63) is 20.8 Å². The minimum atomic E-state index is 0. The van der Waals surface area contributed by atoms with Gasteiger partial charge in [-0.1, -0.05) is 56.4 Å². The Labute approximate surface area is 185 Å². The van der Waals surface area contributed by atoms with Crippen molar-refractivity contribution < 1.29 is 53.8 Å². The average Bonchev–Trinajstić information content (AvgIpc) is 2.12. The summed E-state index contributed by atoms with van der Waals surface area (Å²) in [5, 5.41) is 6.68. The molecule has 0 aliphatic heterocycles. The van der Waals surface area contributed by atoms with E-state index in [1.54, 1.807) is 0 Å². The van der Waals surface area contributed by atoms with E-state index in [4.69, 9.17) is 0 Å². The molecule has 0 atom stereocenters. The maximum absolute atomic E-state index is 3.64. The van der Waals surface area contributed by atoms with E-state index in [0.717, 1.165) is 13.1 Å². The summed E-state index contributed by atoms with van der Waals surface area (Å²) in [7, 11) is 0. The van der Waals surface area contributed by atoms with Gasteiger partial charge in [-0.15, -0.1) is 0 Å². The molecule has 2 nitrogen and oxygen atoms in total. The first-order valence-electron chi connectivity index (χ1n) is 6.81. The summed E-state index contributed by atoms with van der Waals surface area (Å²) in [6, 6.07) is 1.21. The smallest absolute Gasteiger partial charge is 0.00791 e. The fourth-order valence-corrected chi connectivity index (χ4v) is 0.722. The van der Waals surface area contributed by atoms with Gasteiger partial charge in [0.1, 0.15) is 0 Å². The second-order valence-corrected chi connectivity index (χ2v) is 5.19. The van der Waals surface area contributed by atoms with Crippen LogP contribution in [0.2, 0.25) is 0 Å². The van der Waals surface area contributed by atoms with Gasteiger partial charge in [-0.05, 0) is 0 Å². The second-order valence-electron chi connectivity index (χ2n) is 5.19. The molecular formula is C18H47N2WY-3. The summed E-state index contributed by atoms with van der Waals surface area (Å²) < 4.78 is 0. The van der Waals surface area contributed by atoms with E-state index in [1.165, 1.54) is 0 Å². The van der Waals surface area contributed by atoms with E-state index < -0.39 is 0 Å². The van der Waals surface area contributed by atoms with Crippen LogP contribution in [0.1, 0.15) is 70.2 Å². The van der Waals surface area contributed by atoms with Gasteiger partial charge in [0.05, 0.1) is 0 Å². The summed E-state index contributed by atoms with van der Waals surface area (Å²) >= 11 is 0. The molecule has 22 heavy (non-hydrogen) atoms. The van der Waals surface area contributed by atoms with Crippen molar-refractivity contribution in [3.63, 3.8) is 0 Å². The normalized spacial score (nSPS) is 7.64. The molecule has 0 fully saturated rings. The minimum Gasteiger partial charge on any atom is -0.358 e. The van der Waals surface area contributed by atoms with Crippen molar-refractivity contribution in [1.29, 1.82) is 0 Å². The first-order valence-corrected chi connectivity index (χ1v) is 6.81. The van der Waals surface area contributed by atoms with E-state index in [1.807, 2.05) is 20.3 Å². The van der Waals surface area contributed by atoms with Crippen molar-refractivity contribution in [2.75, 3.05) is 13.1 Å². The van der Waals surface area contributed by atoms with E-state index in [2.05, 4.69) is 59.1 Å². The van der Waals surface area contributed by atoms with Crippen molar-refractivity contribution >= 4 is 0 Å². The zero-order chi connectivity index (χ0) is 14.3. The number of rotatable bonds is 5. The first kappa shape index (κ1) is 49.5. The predicted molar refractivity (Wildman–Crippen MR) is 102 cm³/mol. The average molecular weight is 564 g/mol. The van der Waals surface area contributed by atoms with E-state index in [-0.39, 0.29) is 76.1 Å². The third-order valence-corrected chi connectivity index (χ3v) is 1.23. The Morgan fingerprint density at radius 2 is 0.955 bits per heavy atom. The van der Waals surface area contributed by atoms with Gasteiger partial charge in [-0.25, -0.2) is 0 Å². The molecule has 0 aromatic heterocycles. The van der Waals surface area contributed by atoms with Gasteiger partial charge >= 0.3 is 0 Å². The Morgan fingerprint density at radius 3 is 1.05 bits per heavy atom. The standard InChI is InChI=1S/C8H20N2.C4H9.C3H7.2CH4.CH3.W.Y/c1-7(2)9-5-6-10-8(3)4;1-4(2)3;1-3-2;;;;;/h7-10H,5-6H2,1-4H3;4H,1H2,2-3H3;3H,1-2H3;2*1H4;1H3;;/q;2*-1;;;-1;;. The molecule has 0 aromatic carbocycles. The van der Waals surface area contributed by atoms with Crippen LogP contribution in [-0.2, 0) is 53.8 Å². The zero-order valence-corrected chi connectivity index (χ0v) is 21.2. The van der Waals surface area contributed by atoms with Crippen molar-refractivity contribution in [1.82, 2.24) is 10.6 Å². The van der Waals surface area contributed by atoms with Crippen LogP contribution in [0.5, 0.6) is 0 Å². The Hall–Kier alpha value is 1.71. The van der Waals surface area contributed by atoms with Gasteiger partial charge in [-0.3, -0.25) is 0 Å². The van der Waals surface area contributed by atoms with Crippen LogP contribution in [0, 0.1) is 26.7 Å². The van der Waals surface area contributed by atoms with Crippen molar-refractivity contribution in [2.45, 2.75) is 82.3 Å². The monoisotopic (exact) mass is 564 g/mol. The van der Waals surface area contributed by atoms with Gasteiger partial charge in [0.25, 0.3) is 0 Å². The molecule has 1 radical (unpaired) electrons. The topological polar surface area (TPSA) is 24.1 Å². The van der Waals surface area contributed by atoms with Crippen LogP contribution >= 0.6 is 0 Å². The predicted octanol–water partition coefficient (Wildman–Crippen LogP) is 5.41. The molecule has 0 spiro atoms. The quantitative estimate of drug-likeness (QED) is 0.345.